The van der Waals surface area contributed by atoms with Crippen molar-refractivity contribution in [2.45, 2.75) is 57.5 Å². The summed E-state index contributed by atoms with van der Waals surface area (Å²) in [4.78, 5) is 11.4. The highest BCUT2D eigenvalue weighted by Crippen LogP contribution is 2.29. The monoisotopic (exact) mass is 523 g/mol. The molecule has 1 saturated heterocycles. The number of rotatable bonds is 8. The molecule has 3 atom stereocenters. The highest BCUT2D eigenvalue weighted by atomic mass is 16.4. The van der Waals surface area contributed by atoms with Crippen molar-refractivity contribution in [3.05, 3.63) is 73.0 Å². The zero-order chi connectivity index (χ0) is 26.4. The first kappa shape index (κ1) is 25.5. The van der Waals surface area contributed by atoms with E-state index in [1.54, 1.807) is 6.20 Å². The summed E-state index contributed by atoms with van der Waals surface area (Å²) in [5, 5.41) is 15.8. The predicted molar refractivity (Wildman–Crippen MR) is 155 cm³/mol. The molecule has 202 valence electrons. The molecule has 1 aromatic carbocycles. The summed E-state index contributed by atoms with van der Waals surface area (Å²) in [7, 11) is 0. The third-order valence-electron chi connectivity index (χ3n) is 8.09. The maximum Gasteiger partial charge on any atom is 0.247 e. The van der Waals surface area contributed by atoms with Gasteiger partial charge in [-0.25, -0.2) is 4.98 Å². The van der Waals surface area contributed by atoms with Crippen molar-refractivity contribution < 1.29 is 4.42 Å². The molecule has 3 aromatic heterocycles. The van der Waals surface area contributed by atoms with E-state index in [9.17, 15) is 0 Å². The van der Waals surface area contributed by atoms with E-state index in [4.69, 9.17) is 4.42 Å². The molecule has 3 unspecified atom stereocenters. The molecule has 0 bridgehead atoms. The number of pyridine rings is 2. The number of aryl methyl sites for hydroxylation is 1. The van der Waals surface area contributed by atoms with Gasteiger partial charge in [0, 0.05) is 74.0 Å². The Labute approximate surface area is 230 Å². The van der Waals surface area contributed by atoms with Crippen molar-refractivity contribution in [2.24, 2.45) is 5.92 Å². The first-order chi connectivity index (χ1) is 19.2. The average Bonchev–Trinajstić information content (AvgIpc) is 3.44. The van der Waals surface area contributed by atoms with E-state index >= 15 is 0 Å². The Morgan fingerprint density at radius 2 is 1.82 bits per heavy atom. The lowest BCUT2D eigenvalue weighted by Gasteiger charge is -2.40. The van der Waals surface area contributed by atoms with Crippen LogP contribution in [0, 0.1) is 12.8 Å². The van der Waals surface area contributed by atoms with Crippen molar-refractivity contribution in [3.8, 4) is 22.6 Å². The second kappa shape index (κ2) is 11.9. The van der Waals surface area contributed by atoms with E-state index in [1.165, 1.54) is 44.2 Å². The lowest BCUT2D eigenvalue weighted by atomic mass is 9.83. The van der Waals surface area contributed by atoms with Crippen LogP contribution in [0.2, 0.25) is 0 Å². The minimum absolute atomic E-state index is 0.495. The minimum Gasteiger partial charge on any atom is -0.421 e. The van der Waals surface area contributed by atoms with Crippen molar-refractivity contribution in [1.29, 1.82) is 0 Å². The molecule has 1 saturated carbocycles. The maximum absolute atomic E-state index is 5.58. The first-order valence-corrected chi connectivity index (χ1v) is 14.2. The molecule has 39 heavy (non-hydrogen) atoms. The molecule has 1 aliphatic carbocycles. The largest absolute Gasteiger partial charge is 0.421 e. The van der Waals surface area contributed by atoms with Crippen LogP contribution in [-0.4, -0.2) is 51.9 Å². The van der Waals surface area contributed by atoms with Gasteiger partial charge >= 0.3 is 0 Å². The van der Waals surface area contributed by atoms with Crippen LogP contribution in [0.1, 0.15) is 44.4 Å². The molecular weight excluding hydrogens is 486 g/mol. The Balaban J connectivity index is 1.06. The number of nitrogens with zero attached hydrogens (tertiary/aromatic N) is 5. The van der Waals surface area contributed by atoms with Crippen LogP contribution in [0.25, 0.3) is 22.6 Å². The molecule has 8 nitrogen and oxygen atoms in total. The van der Waals surface area contributed by atoms with Gasteiger partial charge in [0.1, 0.15) is 5.82 Å². The lowest BCUT2D eigenvalue weighted by molar-refractivity contribution is 0.241. The van der Waals surface area contributed by atoms with E-state index in [0.717, 1.165) is 42.1 Å². The lowest BCUT2D eigenvalue weighted by Crippen LogP contribution is -2.52. The Kier molecular flexibility index (Phi) is 7.81. The van der Waals surface area contributed by atoms with Gasteiger partial charge in [-0.3, -0.25) is 4.98 Å². The zero-order valence-electron chi connectivity index (χ0n) is 22.6. The fraction of sp³-hybridized carbons (Fsp3) is 0.419. The van der Waals surface area contributed by atoms with E-state index in [2.05, 4.69) is 72.1 Å². The van der Waals surface area contributed by atoms with Crippen LogP contribution in [0.3, 0.4) is 0 Å². The molecule has 4 aromatic rings. The topological polar surface area (TPSA) is 92.0 Å². The Bertz CT molecular complexity index is 1340. The number of anilines is 2. The number of hydrogen-bond donors (Lipinski definition) is 2. The Hall–Kier alpha value is -3.78. The smallest absolute Gasteiger partial charge is 0.247 e. The third kappa shape index (κ3) is 6.28. The Morgan fingerprint density at radius 1 is 0.923 bits per heavy atom. The zero-order valence-corrected chi connectivity index (χ0v) is 22.6. The van der Waals surface area contributed by atoms with E-state index in [0.29, 0.717) is 29.8 Å². The summed E-state index contributed by atoms with van der Waals surface area (Å²) in [6, 6.07) is 17.8. The molecule has 2 N–H and O–H groups in total. The van der Waals surface area contributed by atoms with Gasteiger partial charge in [-0.05, 0) is 79.6 Å². The molecule has 1 aliphatic heterocycles. The number of aromatic nitrogens is 4. The highest BCUT2D eigenvalue weighted by Gasteiger charge is 2.29. The van der Waals surface area contributed by atoms with Crippen LogP contribution in [-0.2, 0) is 0 Å². The minimum atomic E-state index is 0.495. The van der Waals surface area contributed by atoms with Gasteiger partial charge < -0.3 is 20.0 Å². The molecule has 0 radical (unpaired) electrons. The molecule has 6 rings (SSSR count). The second-order valence-electron chi connectivity index (χ2n) is 10.8. The van der Waals surface area contributed by atoms with Crippen LogP contribution < -0.4 is 15.5 Å². The van der Waals surface area contributed by atoms with Gasteiger partial charge in [-0.1, -0.05) is 18.9 Å². The van der Waals surface area contributed by atoms with Crippen molar-refractivity contribution >= 4 is 11.5 Å². The van der Waals surface area contributed by atoms with Crippen molar-refractivity contribution in [2.75, 3.05) is 29.9 Å². The average molecular weight is 524 g/mol. The first-order valence-electron chi connectivity index (χ1n) is 14.2. The Morgan fingerprint density at radius 3 is 2.64 bits per heavy atom. The van der Waals surface area contributed by atoms with Gasteiger partial charge in [0.15, 0.2) is 0 Å². The maximum atomic E-state index is 5.58. The van der Waals surface area contributed by atoms with E-state index in [1.807, 2.05) is 31.5 Å². The van der Waals surface area contributed by atoms with E-state index < -0.39 is 0 Å². The van der Waals surface area contributed by atoms with Gasteiger partial charge in [0.2, 0.25) is 11.8 Å². The van der Waals surface area contributed by atoms with Crippen LogP contribution in [0.15, 0.2) is 71.5 Å². The number of nitrogens with one attached hydrogen (secondary N) is 2. The molecule has 0 spiro atoms. The standard InChI is InChI=1S/C31H37N7O/c1-22-36-37-31(39-22)23-10-12-28(13-11-23)38-17-5-8-27(21-38)35-29-9-3-2-6-26(29)20-34-30-18-24(14-16-33-30)25-7-4-15-32-19-25/h4,7,10-16,18-19,26-27,29,35H,2-3,5-6,8-9,17,20-21H2,1H3,(H,33,34). The fourth-order valence-corrected chi connectivity index (χ4v) is 6.03. The third-order valence-corrected chi connectivity index (χ3v) is 8.09. The van der Waals surface area contributed by atoms with Gasteiger partial charge in [-0.2, -0.15) is 0 Å². The highest BCUT2D eigenvalue weighted by molar-refractivity contribution is 5.65. The normalized spacial score (nSPS) is 21.6. The summed E-state index contributed by atoms with van der Waals surface area (Å²) in [6.07, 6.45) is 13.1. The van der Waals surface area contributed by atoms with Crippen LogP contribution in [0.5, 0.6) is 0 Å². The van der Waals surface area contributed by atoms with Gasteiger partial charge in [0.25, 0.3) is 0 Å². The fourth-order valence-electron chi connectivity index (χ4n) is 6.03. The summed E-state index contributed by atoms with van der Waals surface area (Å²) in [5.74, 6) is 2.69. The summed E-state index contributed by atoms with van der Waals surface area (Å²) < 4.78 is 5.58. The second-order valence-corrected chi connectivity index (χ2v) is 10.8. The molecule has 2 aliphatic rings. The van der Waals surface area contributed by atoms with Crippen molar-refractivity contribution in [1.82, 2.24) is 25.5 Å². The molecular formula is C31H37N7O. The van der Waals surface area contributed by atoms with Crippen LogP contribution in [0.4, 0.5) is 11.5 Å². The predicted octanol–water partition coefficient (Wildman–Crippen LogP) is 5.73. The number of piperidine rings is 1. The van der Waals surface area contributed by atoms with Crippen LogP contribution >= 0.6 is 0 Å². The molecule has 8 heteroatoms. The van der Waals surface area contributed by atoms with E-state index in [-0.39, 0.29) is 0 Å². The van der Waals surface area contributed by atoms with Gasteiger partial charge in [-0.15, -0.1) is 10.2 Å². The molecule has 2 fully saturated rings. The molecule has 4 heterocycles. The summed E-state index contributed by atoms with van der Waals surface area (Å²) in [6.45, 7) is 4.88. The number of benzene rings is 1. The summed E-state index contributed by atoms with van der Waals surface area (Å²) in [5.41, 5.74) is 4.47. The van der Waals surface area contributed by atoms with Gasteiger partial charge in [0.05, 0.1) is 0 Å². The summed E-state index contributed by atoms with van der Waals surface area (Å²) >= 11 is 0. The number of hydrogen-bond acceptors (Lipinski definition) is 8. The quantitative estimate of drug-likeness (QED) is 0.302. The molecule has 0 amide bonds. The SMILES string of the molecule is Cc1nnc(-c2ccc(N3CCCC(NC4CCCCC4CNc4cc(-c5cccnc5)ccn4)C3)cc2)o1. The van der Waals surface area contributed by atoms with Crippen molar-refractivity contribution in [3.63, 3.8) is 0 Å².